The van der Waals surface area contributed by atoms with Gasteiger partial charge in [0.15, 0.2) is 18.3 Å². The molecule has 1 aliphatic heterocycles. The maximum atomic E-state index is 13.0. The van der Waals surface area contributed by atoms with Crippen LogP contribution in [0.1, 0.15) is 11.1 Å². The van der Waals surface area contributed by atoms with Crippen LogP contribution >= 0.6 is 11.6 Å². The predicted molar refractivity (Wildman–Crippen MR) is 91.5 cm³/mol. The van der Waals surface area contributed by atoms with Crippen molar-refractivity contribution in [3.05, 3.63) is 58.6 Å². The number of carbonyl (C=O) groups is 1. The fourth-order valence-corrected chi connectivity index (χ4v) is 2.78. The molecular formula is C17H13ClF3N3O2. The fraction of sp³-hybridized carbons (Fsp3) is 0.176. The van der Waals surface area contributed by atoms with Crippen LogP contribution in [-0.2, 0) is 11.0 Å². The Balaban J connectivity index is 2.06. The summed E-state index contributed by atoms with van der Waals surface area (Å²) in [5.41, 5.74) is 2.50. The van der Waals surface area contributed by atoms with Crippen molar-refractivity contribution in [1.29, 1.82) is 0 Å². The standard InChI is InChI=1S/C17H13ClF3N3O2/c1-26-14-8-12(5-6-13(14)18)24-15(9-25)22-23-16(24)10-3-2-4-11(7-10)17(19,20)21/h2-9,15,22H,1H3. The van der Waals surface area contributed by atoms with E-state index in [0.717, 1.165) is 12.1 Å². The molecule has 2 aromatic carbocycles. The summed E-state index contributed by atoms with van der Waals surface area (Å²) in [7, 11) is 1.44. The zero-order valence-corrected chi connectivity index (χ0v) is 14.2. The summed E-state index contributed by atoms with van der Waals surface area (Å²) >= 11 is 6.01. The highest BCUT2D eigenvalue weighted by Crippen LogP contribution is 2.33. The third-order valence-electron chi connectivity index (χ3n) is 3.80. The van der Waals surface area contributed by atoms with Crippen LogP contribution < -0.4 is 15.1 Å². The van der Waals surface area contributed by atoms with Gasteiger partial charge in [0.25, 0.3) is 0 Å². The van der Waals surface area contributed by atoms with Crippen molar-refractivity contribution >= 4 is 29.4 Å². The molecule has 1 aliphatic rings. The van der Waals surface area contributed by atoms with Crippen LogP contribution in [0.25, 0.3) is 0 Å². The highest BCUT2D eigenvalue weighted by atomic mass is 35.5. The van der Waals surface area contributed by atoms with Gasteiger partial charge >= 0.3 is 6.18 Å². The number of aldehydes is 1. The molecule has 0 saturated carbocycles. The summed E-state index contributed by atoms with van der Waals surface area (Å²) in [5.74, 6) is 0.543. The molecule has 1 atom stereocenters. The average molecular weight is 384 g/mol. The number of ether oxygens (including phenoxy) is 1. The first-order valence-corrected chi connectivity index (χ1v) is 7.82. The van der Waals surface area contributed by atoms with Gasteiger partial charge in [0.2, 0.25) is 0 Å². The van der Waals surface area contributed by atoms with Crippen molar-refractivity contribution in [2.24, 2.45) is 5.10 Å². The lowest BCUT2D eigenvalue weighted by Crippen LogP contribution is -2.41. The number of halogens is 4. The lowest BCUT2D eigenvalue weighted by Gasteiger charge is -2.24. The number of hydrogen-bond acceptors (Lipinski definition) is 5. The number of amidine groups is 1. The molecule has 26 heavy (non-hydrogen) atoms. The molecule has 136 valence electrons. The van der Waals surface area contributed by atoms with E-state index >= 15 is 0 Å². The lowest BCUT2D eigenvalue weighted by atomic mass is 10.1. The average Bonchev–Trinajstić information content (AvgIpc) is 3.05. The number of alkyl halides is 3. The van der Waals surface area contributed by atoms with Gasteiger partial charge in [-0.05, 0) is 24.3 Å². The molecule has 5 nitrogen and oxygen atoms in total. The van der Waals surface area contributed by atoms with E-state index in [2.05, 4.69) is 10.5 Å². The van der Waals surface area contributed by atoms with Crippen molar-refractivity contribution < 1.29 is 22.7 Å². The van der Waals surface area contributed by atoms with Crippen LogP contribution in [0.15, 0.2) is 47.6 Å². The van der Waals surface area contributed by atoms with Crippen LogP contribution in [-0.4, -0.2) is 25.4 Å². The molecule has 0 aliphatic carbocycles. The Morgan fingerprint density at radius 2 is 2.04 bits per heavy atom. The summed E-state index contributed by atoms with van der Waals surface area (Å²) in [5, 5.41) is 4.40. The summed E-state index contributed by atoms with van der Waals surface area (Å²) in [6.07, 6.45) is -4.75. The van der Waals surface area contributed by atoms with Crippen LogP contribution in [0.4, 0.5) is 18.9 Å². The third-order valence-corrected chi connectivity index (χ3v) is 4.11. The van der Waals surface area contributed by atoms with Crippen LogP contribution in [0.5, 0.6) is 5.75 Å². The van der Waals surface area contributed by atoms with E-state index in [9.17, 15) is 18.0 Å². The quantitative estimate of drug-likeness (QED) is 0.819. The summed E-state index contributed by atoms with van der Waals surface area (Å²) < 4.78 is 44.2. The first kappa shape index (κ1) is 18.1. The number of nitrogens with zero attached hydrogens (tertiary/aromatic N) is 2. The first-order chi connectivity index (χ1) is 12.3. The maximum Gasteiger partial charge on any atom is 0.416 e. The molecule has 1 heterocycles. The minimum absolute atomic E-state index is 0.178. The molecule has 0 aromatic heterocycles. The van der Waals surface area contributed by atoms with E-state index in [-0.39, 0.29) is 11.4 Å². The molecule has 0 saturated heterocycles. The smallest absolute Gasteiger partial charge is 0.416 e. The number of rotatable bonds is 4. The van der Waals surface area contributed by atoms with E-state index in [1.165, 1.54) is 24.1 Å². The van der Waals surface area contributed by atoms with E-state index < -0.39 is 17.9 Å². The second kappa shape index (κ2) is 6.87. The Morgan fingerprint density at radius 3 is 2.69 bits per heavy atom. The predicted octanol–water partition coefficient (Wildman–Crippen LogP) is 3.66. The van der Waals surface area contributed by atoms with Crippen molar-refractivity contribution in [3.8, 4) is 5.75 Å². The van der Waals surface area contributed by atoms with Crippen molar-refractivity contribution in [2.45, 2.75) is 12.3 Å². The van der Waals surface area contributed by atoms with Crippen LogP contribution in [0.3, 0.4) is 0 Å². The highest BCUT2D eigenvalue weighted by Gasteiger charge is 2.34. The lowest BCUT2D eigenvalue weighted by molar-refractivity contribution is -0.137. The fourth-order valence-electron chi connectivity index (χ4n) is 2.58. The van der Waals surface area contributed by atoms with E-state index in [1.54, 1.807) is 18.2 Å². The van der Waals surface area contributed by atoms with E-state index in [0.29, 0.717) is 22.7 Å². The minimum atomic E-state index is -4.49. The molecule has 0 radical (unpaired) electrons. The summed E-state index contributed by atoms with van der Waals surface area (Å²) in [4.78, 5) is 12.9. The van der Waals surface area contributed by atoms with Gasteiger partial charge in [-0.3, -0.25) is 15.1 Å². The van der Waals surface area contributed by atoms with Gasteiger partial charge in [0.1, 0.15) is 5.75 Å². The first-order valence-electron chi connectivity index (χ1n) is 7.44. The molecule has 3 rings (SSSR count). The Morgan fingerprint density at radius 1 is 1.27 bits per heavy atom. The number of methoxy groups -OCH3 is 1. The van der Waals surface area contributed by atoms with Gasteiger partial charge in [-0.15, -0.1) is 0 Å². The summed E-state index contributed by atoms with van der Waals surface area (Å²) in [6.45, 7) is 0. The van der Waals surface area contributed by atoms with E-state index in [1.807, 2.05) is 0 Å². The zero-order valence-electron chi connectivity index (χ0n) is 13.4. The third kappa shape index (κ3) is 3.32. The second-order valence-corrected chi connectivity index (χ2v) is 5.82. The zero-order chi connectivity index (χ0) is 18.9. The van der Waals surface area contributed by atoms with Crippen molar-refractivity contribution in [3.63, 3.8) is 0 Å². The molecule has 9 heteroatoms. The number of nitrogens with one attached hydrogen (secondary N) is 1. The van der Waals surface area contributed by atoms with Gasteiger partial charge in [-0.25, -0.2) is 0 Å². The highest BCUT2D eigenvalue weighted by molar-refractivity contribution is 6.32. The summed E-state index contributed by atoms with van der Waals surface area (Å²) in [6, 6.07) is 9.50. The largest absolute Gasteiger partial charge is 0.495 e. The SMILES string of the molecule is COc1cc(N2C(c3cccc(C(F)(F)F)c3)=NNC2C=O)ccc1Cl. The van der Waals surface area contributed by atoms with Crippen molar-refractivity contribution in [1.82, 2.24) is 5.43 Å². The Kier molecular flexibility index (Phi) is 4.78. The molecule has 0 bridgehead atoms. The van der Waals surface area contributed by atoms with Gasteiger partial charge in [-0.1, -0.05) is 23.7 Å². The minimum Gasteiger partial charge on any atom is -0.495 e. The van der Waals surface area contributed by atoms with Crippen LogP contribution in [0.2, 0.25) is 5.02 Å². The normalized spacial score (nSPS) is 16.9. The van der Waals surface area contributed by atoms with Gasteiger partial charge in [0.05, 0.1) is 17.7 Å². The Bertz CT molecular complexity index is 871. The molecule has 0 spiro atoms. The number of anilines is 1. The Hall–Kier alpha value is -2.74. The molecular weight excluding hydrogens is 371 g/mol. The van der Waals surface area contributed by atoms with Gasteiger partial charge in [0, 0.05) is 17.3 Å². The van der Waals surface area contributed by atoms with Crippen molar-refractivity contribution in [2.75, 3.05) is 12.0 Å². The topological polar surface area (TPSA) is 53.9 Å². The Labute approximate surface area is 152 Å². The molecule has 2 aromatic rings. The maximum absolute atomic E-state index is 13.0. The molecule has 0 amide bonds. The van der Waals surface area contributed by atoms with E-state index in [4.69, 9.17) is 16.3 Å². The second-order valence-electron chi connectivity index (χ2n) is 5.41. The van der Waals surface area contributed by atoms with Crippen LogP contribution in [0, 0.1) is 0 Å². The number of benzene rings is 2. The number of hydrazone groups is 1. The monoisotopic (exact) mass is 383 g/mol. The van der Waals surface area contributed by atoms with Gasteiger partial charge in [-0.2, -0.15) is 18.3 Å². The molecule has 0 fully saturated rings. The van der Waals surface area contributed by atoms with Gasteiger partial charge < -0.3 is 4.74 Å². The molecule has 1 N–H and O–H groups in total. The number of hydrogen-bond donors (Lipinski definition) is 1. The number of carbonyl (C=O) groups excluding carboxylic acids is 1. The molecule has 1 unspecified atom stereocenters.